The largest absolute Gasteiger partial charge is 0.490 e. The molecule has 0 radical (unpaired) electrons. The molecule has 4 heteroatoms. The van der Waals surface area contributed by atoms with Gasteiger partial charge in [0.1, 0.15) is 5.75 Å². The van der Waals surface area contributed by atoms with Crippen molar-refractivity contribution < 1.29 is 9.53 Å². The topological polar surface area (TPSA) is 50.7 Å². The van der Waals surface area contributed by atoms with Gasteiger partial charge < -0.3 is 4.74 Å². The van der Waals surface area contributed by atoms with Gasteiger partial charge >= 0.3 is 0 Å². The molecule has 0 saturated heterocycles. The van der Waals surface area contributed by atoms with Gasteiger partial charge in [0.25, 0.3) is 5.91 Å². The first-order valence-electron chi connectivity index (χ1n) is 7.22. The number of hydrazone groups is 1. The van der Waals surface area contributed by atoms with Crippen LogP contribution in [0.4, 0.5) is 0 Å². The highest BCUT2D eigenvalue weighted by Crippen LogP contribution is 2.17. The summed E-state index contributed by atoms with van der Waals surface area (Å²) in [6.45, 7) is 5.83. The maximum Gasteiger partial charge on any atom is 0.271 e. The van der Waals surface area contributed by atoms with Crippen molar-refractivity contribution in [1.29, 1.82) is 0 Å². The van der Waals surface area contributed by atoms with E-state index in [-0.39, 0.29) is 12.0 Å². The Kier molecular flexibility index (Phi) is 5.31. The van der Waals surface area contributed by atoms with E-state index in [1.165, 1.54) is 0 Å². The van der Waals surface area contributed by atoms with Crippen LogP contribution in [0.2, 0.25) is 0 Å². The molecular weight excluding hydrogens is 276 g/mol. The Bertz CT molecular complexity index is 678. The van der Waals surface area contributed by atoms with Gasteiger partial charge in [0, 0.05) is 11.1 Å². The van der Waals surface area contributed by atoms with Crippen LogP contribution in [0.15, 0.2) is 53.6 Å². The maximum absolute atomic E-state index is 12.1. The maximum atomic E-state index is 12.1. The SMILES string of the molecule is Cc1ccccc1C(=O)N/N=C/c1ccccc1OC(C)C. The van der Waals surface area contributed by atoms with Crippen molar-refractivity contribution in [2.45, 2.75) is 26.9 Å². The summed E-state index contributed by atoms with van der Waals surface area (Å²) >= 11 is 0. The molecule has 0 aliphatic rings. The number of hydrogen-bond donors (Lipinski definition) is 1. The van der Waals surface area contributed by atoms with Gasteiger partial charge in [-0.15, -0.1) is 0 Å². The molecule has 0 bridgehead atoms. The zero-order valence-corrected chi connectivity index (χ0v) is 13.0. The molecule has 1 amide bonds. The van der Waals surface area contributed by atoms with Gasteiger partial charge in [0.2, 0.25) is 0 Å². The number of nitrogens with one attached hydrogen (secondary N) is 1. The number of benzene rings is 2. The summed E-state index contributed by atoms with van der Waals surface area (Å²) in [6.07, 6.45) is 1.67. The number of rotatable bonds is 5. The first-order valence-corrected chi connectivity index (χ1v) is 7.22. The van der Waals surface area contributed by atoms with Crippen LogP contribution >= 0.6 is 0 Å². The molecule has 2 aromatic rings. The fourth-order valence-corrected chi connectivity index (χ4v) is 2.00. The Morgan fingerprint density at radius 3 is 2.55 bits per heavy atom. The molecule has 114 valence electrons. The third kappa shape index (κ3) is 4.19. The van der Waals surface area contributed by atoms with E-state index in [0.29, 0.717) is 5.56 Å². The van der Waals surface area contributed by atoms with Gasteiger partial charge in [-0.05, 0) is 44.5 Å². The predicted molar refractivity (Wildman–Crippen MR) is 88.4 cm³/mol. The third-order valence-corrected chi connectivity index (χ3v) is 3.04. The van der Waals surface area contributed by atoms with Crippen LogP contribution in [-0.2, 0) is 0 Å². The Morgan fingerprint density at radius 2 is 1.82 bits per heavy atom. The molecule has 0 saturated carbocycles. The lowest BCUT2D eigenvalue weighted by atomic mass is 10.1. The highest BCUT2D eigenvalue weighted by molar-refractivity contribution is 5.96. The monoisotopic (exact) mass is 296 g/mol. The first-order chi connectivity index (χ1) is 10.6. The van der Waals surface area contributed by atoms with Gasteiger partial charge in [0.05, 0.1) is 12.3 Å². The van der Waals surface area contributed by atoms with Crippen molar-refractivity contribution in [3.8, 4) is 5.75 Å². The number of aryl methyl sites for hydroxylation is 1. The van der Waals surface area contributed by atoms with Gasteiger partial charge in [-0.25, -0.2) is 5.43 Å². The molecule has 2 rings (SSSR count). The quantitative estimate of drug-likeness (QED) is 0.677. The van der Waals surface area contributed by atoms with Crippen molar-refractivity contribution in [3.63, 3.8) is 0 Å². The molecule has 0 atom stereocenters. The predicted octanol–water partition coefficient (Wildman–Crippen LogP) is 3.55. The van der Waals surface area contributed by atoms with Crippen LogP contribution in [0.3, 0.4) is 0 Å². The van der Waals surface area contributed by atoms with Crippen LogP contribution < -0.4 is 10.2 Å². The number of carbonyl (C=O) groups excluding carboxylic acids is 1. The van der Waals surface area contributed by atoms with Crippen LogP contribution in [0.1, 0.15) is 35.3 Å². The fourth-order valence-electron chi connectivity index (χ4n) is 2.00. The van der Waals surface area contributed by atoms with E-state index < -0.39 is 0 Å². The average molecular weight is 296 g/mol. The molecule has 4 nitrogen and oxygen atoms in total. The Balaban J connectivity index is 2.07. The molecule has 22 heavy (non-hydrogen) atoms. The number of nitrogens with zero attached hydrogens (tertiary/aromatic N) is 1. The second-order valence-corrected chi connectivity index (χ2v) is 5.22. The van der Waals surface area contributed by atoms with Crippen LogP contribution in [0, 0.1) is 6.92 Å². The second-order valence-electron chi connectivity index (χ2n) is 5.22. The normalized spacial score (nSPS) is 10.9. The fraction of sp³-hybridized carbons (Fsp3) is 0.222. The van der Waals surface area contributed by atoms with E-state index >= 15 is 0 Å². The molecule has 0 heterocycles. The summed E-state index contributed by atoms with van der Waals surface area (Å²) in [5.41, 5.74) is 4.90. The Labute approximate surface area is 130 Å². The third-order valence-electron chi connectivity index (χ3n) is 3.04. The standard InChI is InChI=1S/C18H20N2O2/c1-13(2)22-17-11-7-5-9-15(17)12-19-20-18(21)16-10-6-4-8-14(16)3/h4-13H,1-3H3,(H,20,21)/b19-12+. The zero-order chi connectivity index (χ0) is 15.9. The van der Waals surface area contributed by atoms with Gasteiger partial charge in [0.15, 0.2) is 0 Å². The molecule has 0 fully saturated rings. The molecule has 0 spiro atoms. The van der Waals surface area contributed by atoms with Gasteiger partial charge in [-0.1, -0.05) is 30.3 Å². The summed E-state index contributed by atoms with van der Waals surface area (Å²) in [5.74, 6) is 0.517. The van der Waals surface area contributed by atoms with Crippen LogP contribution in [0.25, 0.3) is 0 Å². The molecule has 0 aromatic heterocycles. The molecular formula is C18H20N2O2. The molecule has 0 aliphatic carbocycles. The van der Waals surface area contributed by atoms with Crippen molar-refractivity contribution in [2.24, 2.45) is 5.10 Å². The number of para-hydroxylation sites is 1. The summed E-state index contributed by atoms with van der Waals surface area (Å²) in [5, 5.41) is 4.02. The smallest absolute Gasteiger partial charge is 0.271 e. The minimum absolute atomic E-state index is 0.0797. The Morgan fingerprint density at radius 1 is 1.14 bits per heavy atom. The van der Waals surface area contributed by atoms with Crippen molar-refractivity contribution in [3.05, 3.63) is 65.2 Å². The number of amides is 1. The van der Waals surface area contributed by atoms with E-state index in [2.05, 4.69) is 10.5 Å². The highest BCUT2D eigenvalue weighted by Gasteiger charge is 2.07. The van der Waals surface area contributed by atoms with E-state index in [9.17, 15) is 4.79 Å². The zero-order valence-electron chi connectivity index (χ0n) is 13.0. The summed E-state index contributed by atoms with van der Waals surface area (Å²) in [4.78, 5) is 12.1. The first kappa shape index (κ1) is 15.8. The number of hydrogen-bond acceptors (Lipinski definition) is 3. The van der Waals surface area contributed by atoms with E-state index in [0.717, 1.165) is 16.9 Å². The van der Waals surface area contributed by atoms with E-state index in [1.807, 2.05) is 63.2 Å². The average Bonchev–Trinajstić information content (AvgIpc) is 2.49. The van der Waals surface area contributed by atoms with Crippen LogP contribution in [0.5, 0.6) is 5.75 Å². The van der Waals surface area contributed by atoms with Crippen molar-refractivity contribution in [1.82, 2.24) is 5.43 Å². The van der Waals surface area contributed by atoms with Crippen molar-refractivity contribution in [2.75, 3.05) is 0 Å². The van der Waals surface area contributed by atoms with E-state index in [1.54, 1.807) is 12.3 Å². The molecule has 0 aliphatic heterocycles. The second kappa shape index (κ2) is 7.41. The van der Waals surface area contributed by atoms with Crippen LogP contribution in [-0.4, -0.2) is 18.2 Å². The molecule has 0 unspecified atom stereocenters. The minimum atomic E-state index is -0.225. The lowest BCUT2D eigenvalue weighted by molar-refractivity contribution is 0.0954. The Hall–Kier alpha value is -2.62. The molecule has 2 aromatic carbocycles. The summed E-state index contributed by atoms with van der Waals surface area (Å²) in [7, 11) is 0. The van der Waals surface area contributed by atoms with Crippen molar-refractivity contribution >= 4 is 12.1 Å². The van der Waals surface area contributed by atoms with Gasteiger partial charge in [-0.3, -0.25) is 4.79 Å². The highest BCUT2D eigenvalue weighted by atomic mass is 16.5. The summed E-state index contributed by atoms with van der Waals surface area (Å²) in [6, 6.07) is 15.0. The van der Waals surface area contributed by atoms with E-state index in [4.69, 9.17) is 4.74 Å². The number of ether oxygens (including phenoxy) is 1. The minimum Gasteiger partial charge on any atom is -0.490 e. The van der Waals surface area contributed by atoms with Gasteiger partial charge in [-0.2, -0.15) is 5.10 Å². The number of carbonyl (C=O) groups is 1. The lowest BCUT2D eigenvalue weighted by Gasteiger charge is -2.11. The lowest BCUT2D eigenvalue weighted by Crippen LogP contribution is -2.18. The summed E-state index contributed by atoms with van der Waals surface area (Å²) < 4.78 is 5.70. The molecule has 1 N–H and O–H groups in total.